The molecule has 1 heterocycles. The van der Waals surface area contributed by atoms with E-state index in [1.54, 1.807) is 7.11 Å². The normalized spacial score (nSPS) is 12.5. The number of halogens is 3. The Balaban J connectivity index is 2.42. The molecule has 0 aliphatic carbocycles. The Morgan fingerprint density at radius 3 is 2.59 bits per heavy atom. The summed E-state index contributed by atoms with van der Waals surface area (Å²) in [5, 5.41) is -0.381. The quantitative estimate of drug-likeness (QED) is 0.688. The van der Waals surface area contributed by atoms with Crippen LogP contribution in [0.25, 0.3) is 0 Å². The van der Waals surface area contributed by atoms with Crippen LogP contribution in [0.2, 0.25) is 0 Å². The lowest BCUT2D eigenvalue weighted by Crippen LogP contribution is -1.96. The third-order valence-electron chi connectivity index (χ3n) is 2.31. The molecule has 0 aliphatic heterocycles. The Kier molecular flexibility index (Phi) is 4.17. The van der Waals surface area contributed by atoms with Crippen molar-refractivity contribution in [1.29, 1.82) is 0 Å². The molecule has 0 N–H and O–H groups in total. The number of methoxy groups -OCH3 is 1. The number of benzene rings is 1. The zero-order valence-electron chi connectivity index (χ0n) is 8.91. The van der Waals surface area contributed by atoms with Gasteiger partial charge >= 0.3 is 0 Å². The lowest BCUT2D eigenvalue weighted by atomic mass is 10.1. The lowest BCUT2D eigenvalue weighted by molar-refractivity contribution is 0.407. The maximum absolute atomic E-state index is 6.39. The first kappa shape index (κ1) is 13.0. The van der Waals surface area contributed by atoms with Crippen molar-refractivity contribution in [3.8, 4) is 5.75 Å². The molecule has 0 aliphatic rings. The molecule has 0 amide bonds. The van der Waals surface area contributed by atoms with Crippen LogP contribution < -0.4 is 4.74 Å². The summed E-state index contributed by atoms with van der Waals surface area (Å²) in [6, 6.07) is 9.35. The van der Waals surface area contributed by atoms with E-state index >= 15 is 0 Å². The topological polar surface area (TPSA) is 22.4 Å². The molecule has 0 spiro atoms. The van der Waals surface area contributed by atoms with Gasteiger partial charge in [-0.2, -0.15) is 0 Å². The molecule has 1 aromatic carbocycles. The number of furan rings is 1. The molecular formula is C12H9Br2ClO2. The minimum absolute atomic E-state index is 0.381. The van der Waals surface area contributed by atoms with Crippen LogP contribution in [0.15, 0.2) is 43.9 Å². The van der Waals surface area contributed by atoms with Gasteiger partial charge in [0.1, 0.15) is 16.9 Å². The molecule has 0 fully saturated rings. The standard InChI is InChI=1S/C12H9Br2ClO2/c1-16-9-3-2-7(13)6-8(9)12(15)10-4-5-11(14)17-10/h2-6,12H,1H3. The molecule has 17 heavy (non-hydrogen) atoms. The second kappa shape index (κ2) is 5.46. The van der Waals surface area contributed by atoms with E-state index < -0.39 is 0 Å². The predicted octanol–water partition coefficient (Wildman–Crippen LogP) is 5.14. The van der Waals surface area contributed by atoms with Crippen molar-refractivity contribution in [2.24, 2.45) is 0 Å². The van der Waals surface area contributed by atoms with Crippen molar-refractivity contribution >= 4 is 43.5 Å². The summed E-state index contributed by atoms with van der Waals surface area (Å²) in [7, 11) is 1.62. The molecule has 0 radical (unpaired) electrons. The highest BCUT2D eigenvalue weighted by atomic mass is 79.9. The van der Waals surface area contributed by atoms with Gasteiger partial charge in [0.05, 0.1) is 7.11 Å². The van der Waals surface area contributed by atoms with E-state index in [1.165, 1.54) is 0 Å². The molecule has 2 rings (SSSR count). The lowest BCUT2D eigenvalue weighted by Gasteiger charge is -2.12. The zero-order chi connectivity index (χ0) is 12.4. The maximum Gasteiger partial charge on any atom is 0.169 e. The van der Waals surface area contributed by atoms with E-state index in [0.717, 1.165) is 15.8 Å². The molecule has 2 aromatic rings. The minimum atomic E-state index is -0.381. The second-order valence-electron chi connectivity index (χ2n) is 3.39. The molecule has 1 atom stereocenters. The van der Waals surface area contributed by atoms with E-state index in [-0.39, 0.29) is 5.38 Å². The van der Waals surface area contributed by atoms with Crippen molar-refractivity contribution in [2.75, 3.05) is 7.11 Å². The van der Waals surface area contributed by atoms with Crippen molar-refractivity contribution in [3.63, 3.8) is 0 Å². The minimum Gasteiger partial charge on any atom is -0.496 e. The van der Waals surface area contributed by atoms with Crippen molar-refractivity contribution in [3.05, 3.63) is 50.8 Å². The van der Waals surface area contributed by atoms with Crippen molar-refractivity contribution in [2.45, 2.75) is 5.38 Å². The van der Waals surface area contributed by atoms with Crippen molar-refractivity contribution in [1.82, 2.24) is 0 Å². The number of hydrogen-bond donors (Lipinski definition) is 0. The summed E-state index contributed by atoms with van der Waals surface area (Å²) in [6.45, 7) is 0. The third-order valence-corrected chi connectivity index (χ3v) is 3.68. The van der Waals surface area contributed by atoms with Gasteiger partial charge in [-0.25, -0.2) is 0 Å². The Morgan fingerprint density at radius 2 is 2.00 bits per heavy atom. The highest BCUT2D eigenvalue weighted by Crippen LogP contribution is 2.37. The largest absolute Gasteiger partial charge is 0.496 e. The zero-order valence-corrected chi connectivity index (χ0v) is 12.8. The Hall–Kier alpha value is -0.450. The van der Waals surface area contributed by atoms with E-state index in [1.807, 2.05) is 30.3 Å². The summed E-state index contributed by atoms with van der Waals surface area (Å²) < 4.78 is 12.4. The average molecular weight is 380 g/mol. The summed E-state index contributed by atoms with van der Waals surface area (Å²) in [6.07, 6.45) is 0. The van der Waals surface area contributed by atoms with Gasteiger partial charge in [-0.15, -0.1) is 11.6 Å². The predicted molar refractivity (Wildman–Crippen MR) is 74.8 cm³/mol. The summed E-state index contributed by atoms with van der Waals surface area (Å²) in [4.78, 5) is 0. The van der Waals surface area contributed by atoms with E-state index in [2.05, 4.69) is 31.9 Å². The summed E-state index contributed by atoms with van der Waals surface area (Å²) >= 11 is 13.1. The van der Waals surface area contributed by atoms with Gasteiger partial charge in [0.2, 0.25) is 0 Å². The van der Waals surface area contributed by atoms with E-state index in [0.29, 0.717) is 10.4 Å². The van der Waals surface area contributed by atoms with Crippen LogP contribution >= 0.6 is 43.5 Å². The number of hydrogen-bond acceptors (Lipinski definition) is 2. The average Bonchev–Trinajstić information content (AvgIpc) is 2.75. The van der Waals surface area contributed by atoms with Crippen LogP contribution in [0.3, 0.4) is 0 Å². The first-order chi connectivity index (χ1) is 8.11. The van der Waals surface area contributed by atoms with Crippen LogP contribution in [0, 0.1) is 0 Å². The fourth-order valence-corrected chi connectivity index (χ4v) is 2.51. The van der Waals surface area contributed by atoms with Crippen molar-refractivity contribution < 1.29 is 9.15 Å². The molecular weight excluding hydrogens is 371 g/mol. The molecule has 1 aromatic heterocycles. The number of rotatable bonds is 3. The molecule has 1 unspecified atom stereocenters. The van der Waals surface area contributed by atoms with Gasteiger partial charge in [-0.1, -0.05) is 15.9 Å². The van der Waals surface area contributed by atoms with Gasteiger partial charge in [0, 0.05) is 10.0 Å². The Morgan fingerprint density at radius 1 is 1.24 bits per heavy atom. The second-order valence-corrected chi connectivity index (χ2v) is 5.52. The van der Waals surface area contributed by atoms with Crippen LogP contribution in [0.1, 0.15) is 16.7 Å². The Labute approximate surface area is 121 Å². The molecule has 0 saturated carbocycles. The number of alkyl halides is 1. The van der Waals surface area contributed by atoms with Gasteiger partial charge in [-0.3, -0.25) is 0 Å². The SMILES string of the molecule is COc1ccc(Br)cc1C(Cl)c1ccc(Br)o1. The van der Waals surface area contributed by atoms with Crippen LogP contribution in [0.5, 0.6) is 5.75 Å². The third kappa shape index (κ3) is 2.87. The summed E-state index contributed by atoms with van der Waals surface area (Å²) in [5.41, 5.74) is 0.866. The molecule has 2 nitrogen and oxygen atoms in total. The van der Waals surface area contributed by atoms with Crippen LogP contribution in [-0.4, -0.2) is 7.11 Å². The highest BCUT2D eigenvalue weighted by molar-refractivity contribution is 9.10. The monoisotopic (exact) mass is 378 g/mol. The van der Waals surface area contributed by atoms with Gasteiger partial charge < -0.3 is 9.15 Å². The number of ether oxygens (including phenoxy) is 1. The fraction of sp³-hybridized carbons (Fsp3) is 0.167. The van der Waals surface area contributed by atoms with Gasteiger partial charge in [0.25, 0.3) is 0 Å². The first-order valence-corrected chi connectivity index (χ1v) is 6.87. The smallest absolute Gasteiger partial charge is 0.169 e. The molecule has 90 valence electrons. The highest BCUT2D eigenvalue weighted by Gasteiger charge is 2.19. The van der Waals surface area contributed by atoms with Gasteiger partial charge in [0.15, 0.2) is 4.67 Å². The van der Waals surface area contributed by atoms with Crippen LogP contribution in [-0.2, 0) is 0 Å². The Bertz CT molecular complexity index is 525. The fourth-order valence-electron chi connectivity index (χ4n) is 1.52. The maximum atomic E-state index is 6.39. The van der Waals surface area contributed by atoms with E-state index in [4.69, 9.17) is 20.8 Å². The van der Waals surface area contributed by atoms with Crippen LogP contribution in [0.4, 0.5) is 0 Å². The summed E-state index contributed by atoms with van der Waals surface area (Å²) in [5.74, 6) is 1.41. The van der Waals surface area contributed by atoms with E-state index in [9.17, 15) is 0 Å². The molecule has 0 saturated heterocycles. The van der Waals surface area contributed by atoms with Gasteiger partial charge in [-0.05, 0) is 46.3 Å². The molecule has 5 heteroatoms. The first-order valence-electron chi connectivity index (χ1n) is 4.84. The molecule has 0 bridgehead atoms.